The van der Waals surface area contributed by atoms with Gasteiger partial charge in [-0.3, -0.25) is 0 Å². The van der Waals surface area contributed by atoms with Crippen LogP contribution >= 0.6 is 0 Å². The molecule has 0 saturated carbocycles. The quantitative estimate of drug-likeness (QED) is 0.812. The van der Waals surface area contributed by atoms with E-state index in [1.165, 1.54) is 25.0 Å². The van der Waals surface area contributed by atoms with Crippen molar-refractivity contribution in [2.75, 3.05) is 18.0 Å². The molecule has 1 aliphatic rings. The van der Waals surface area contributed by atoms with Gasteiger partial charge >= 0.3 is 0 Å². The molecule has 3 nitrogen and oxygen atoms in total. The number of anilines is 1. The molecule has 1 saturated heterocycles. The van der Waals surface area contributed by atoms with E-state index in [-0.39, 0.29) is 5.82 Å². The number of rotatable bonds is 2. The average Bonchev–Trinajstić information content (AvgIpc) is 2.94. The summed E-state index contributed by atoms with van der Waals surface area (Å²) in [7, 11) is 0. The topological polar surface area (TPSA) is 29.0 Å². The van der Waals surface area contributed by atoms with E-state index in [0.717, 1.165) is 30.3 Å². The molecule has 0 atom stereocenters. The number of halogens is 1. The molecular formula is C14H14FN3. The third-order valence-corrected chi connectivity index (χ3v) is 3.17. The Labute approximate surface area is 105 Å². The van der Waals surface area contributed by atoms with Crippen LogP contribution < -0.4 is 4.90 Å². The molecule has 2 heterocycles. The fraction of sp³-hybridized carbons (Fsp3) is 0.286. The van der Waals surface area contributed by atoms with E-state index in [9.17, 15) is 4.39 Å². The Morgan fingerprint density at radius 2 is 1.72 bits per heavy atom. The first kappa shape index (κ1) is 11.1. The van der Waals surface area contributed by atoms with Gasteiger partial charge in [-0.25, -0.2) is 14.4 Å². The van der Waals surface area contributed by atoms with Crippen molar-refractivity contribution in [1.82, 2.24) is 9.97 Å². The zero-order chi connectivity index (χ0) is 12.4. The fourth-order valence-electron chi connectivity index (χ4n) is 2.20. The lowest BCUT2D eigenvalue weighted by atomic mass is 10.1. The smallest absolute Gasteiger partial charge is 0.225 e. The Bertz CT molecular complexity index is 533. The highest BCUT2D eigenvalue weighted by Crippen LogP contribution is 2.21. The molecule has 0 N–H and O–H groups in total. The molecular weight excluding hydrogens is 229 g/mol. The fourth-order valence-corrected chi connectivity index (χ4v) is 2.20. The molecule has 2 aromatic rings. The molecule has 1 aromatic carbocycles. The molecule has 0 spiro atoms. The molecule has 1 aromatic heterocycles. The Hall–Kier alpha value is -1.97. The Morgan fingerprint density at radius 3 is 2.44 bits per heavy atom. The molecule has 1 aliphatic heterocycles. The lowest BCUT2D eigenvalue weighted by Crippen LogP contribution is -2.20. The highest BCUT2D eigenvalue weighted by molar-refractivity contribution is 5.60. The second kappa shape index (κ2) is 4.72. The highest BCUT2D eigenvalue weighted by atomic mass is 19.1. The molecule has 0 radical (unpaired) electrons. The van der Waals surface area contributed by atoms with Gasteiger partial charge in [-0.05, 0) is 43.2 Å². The predicted molar refractivity (Wildman–Crippen MR) is 68.9 cm³/mol. The summed E-state index contributed by atoms with van der Waals surface area (Å²) < 4.78 is 12.9. The molecule has 0 bridgehead atoms. The zero-order valence-electron chi connectivity index (χ0n) is 10.0. The maximum absolute atomic E-state index is 12.9. The second-order valence-electron chi connectivity index (χ2n) is 4.44. The van der Waals surface area contributed by atoms with Gasteiger partial charge < -0.3 is 4.90 Å². The normalized spacial score (nSPS) is 15.1. The number of aromatic nitrogens is 2. The minimum Gasteiger partial charge on any atom is -0.341 e. The van der Waals surface area contributed by atoms with Gasteiger partial charge in [0, 0.05) is 24.8 Å². The maximum Gasteiger partial charge on any atom is 0.225 e. The molecule has 1 fully saturated rings. The summed E-state index contributed by atoms with van der Waals surface area (Å²) in [6.45, 7) is 2.04. The molecule has 0 unspecified atom stereocenters. The van der Waals surface area contributed by atoms with Crippen LogP contribution in [0.1, 0.15) is 12.8 Å². The Kier molecular flexibility index (Phi) is 2.92. The monoisotopic (exact) mass is 243 g/mol. The summed E-state index contributed by atoms with van der Waals surface area (Å²) >= 11 is 0. The lowest BCUT2D eigenvalue weighted by molar-refractivity contribution is 0.628. The summed E-state index contributed by atoms with van der Waals surface area (Å²) in [4.78, 5) is 11.0. The van der Waals surface area contributed by atoms with E-state index < -0.39 is 0 Å². The summed E-state index contributed by atoms with van der Waals surface area (Å²) in [5.74, 6) is 0.543. The van der Waals surface area contributed by atoms with Gasteiger partial charge in [0.15, 0.2) is 0 Å². The number of hydrogen-bond acceptors (Lipinski definition) is 3. The Morgan fingerprint density at radius 1 is 1.00 bits per heavy atom. The van der Waals surface area contributed by atoms with Crippen molar-refractivity contribution in [1.29, 1.82) is 0 Å². The van der Waals surface area contributed by atoms with E-state index in [0.29, 0.717) is 0 Å². The van der Waals surface area contributed by atoms with Crippen molar-refractivity contribution in [2.45, 2.75) is 12.8 Å². The van der Waals surface area contributed by atoms with Crippen LogP contribution in [0.15, 0.2) is 36.5 Å². The number of hydrogen-bond donors (Lipinski definition) is 0. The van der Waals surface area contributed by atoms with E-state index in [1.54, 1.807) is 18.3 Å². The first-order chi connectivity index (χ1) is 8.83. The van der Waals surface area contributed by atoms with Gasteiger partial charge in [0.1, 0.15) is 5.82 Å². The molecule has 0 amide bonds. The van der Waals surface area contributed by atoms with Gasteiger partial charge in [0.25, 0.3) is 0 Å². The third-order valence-electron chi connectivity index (χ3n) is 3.17. The summed E-state index contributed by atoms with van der Waals surface area (Å²) in [6, 6.07) is 8.24. The van der Waals surface area contributed by atoms with Crippen LogP contribution in [0.5, 0.6) is 0 Å². The number of nitrogens with zero attached hydrogens (tertiary/aromatic N) is 3. The van der Waals surface area contributed by atoms with Crippen LogP contribution in [-0.4, -0.2) is 23.1 Å². The SMILES string of the molecule is Fc1ccc(-c2ccnc(N3CCCC3)n2)cc1. The molecule has 18 heavy (non-hydrogen) atoms. The van der Waals surface area contributed by atoms with Crippen molar-refractivity contribution in [3.8, 4) is 11.3 Å². The predicted octanol–water partition coefficient (Wildman–Crippen LogP) is 2.88. The zero-order valence-corrected chi connectivity index (χ0v) is 10.0. The Balaban J connectivity index is 1.92. The molecule has 4 heteroatoms. The van der Waals surface area contributed by atoms with Crippen LogP contribution in [0.4, 0.5) is 10.3 Å². The van der Waals surface area contributed by atoms with Crippen LogP contribution in [0.3, 0.4) is 0 Å². The summed E-state index contributed by atoms with van der Waals surface area (Å²) in [5.41, 5.74) is 1.76. The highest BCUT2D eigenvalue weighted by Gasteiger charge is 2.15. The van der Waals surface area contributed by atoms with Crippen molar-refractivity contribution < 1.29 is 4.39 Å². The van der Waals surface area contributed by atoms with Gasteiger partial charge in [-0.2, -0.15) is 0 Å². The van der Waals surface area contributed by atoms with Crippen LogP contribution in [0.2, 0.25) is 0 Å². The van der Waals surface area contributed by atoms with E-state index >= 15 is 0 Å². The summed E-state index contributed by atoms with van der Waals surface area (Å²) in [6.07, 6.45) is 4.16. The van der Waals surface area contributed by atoms with Crippen molar-refractivity contribution in [3.63, 3.8) is 0 Å². The second-order valence-corrected chi connectivity index (χ2v) is 4.44. The molecule has 92 valence electrons. The van der Waals surface area contributed by atoms with Crippen LogP contribution in [0.25, 0.3) is 11.3 Å². The van der Waals surface area contributed by atoms with E-state index in [1.807, 2.05) is 6.07 Å². The van der Waals surface area contributed by atoms with E-state index in [4.69, 9.17) is 0 Å². The summed E-state index contributed by atoms with van der Waals surface area (Å²) in [5, 5.41) is 0. The van der Waals surface area contributed by atoms with Crippen molar-refractivity contribution in [2.24, 2.45) is 0 Å². The number of benzene rings is 1. The largest absolute Gasteiger partial charge is 0.341 e. The van der Waals surface area contributed by atoms with Gasteiger partial charge in [-0.15, -0.1) is 0 Å². The molecule has 0 aliphatic carbocycles. The van der Waals surface area contributed by atoms with E-state index in [2.05, 4.69) is 14.9 Å². The maximum atomic E-state index is 12.9. The third kappa shape index (κ3) is 2.18. The van der Waals surface area contributed by atoms with Gasteiger partial charge in [0.2, 0.25) is 5.95 Å². The van der Waals surface area contributed by atoms with Crippen LogP contribution in [0, 0.1) is 5.82 Å². The standard InChI is InChI=1S/C14H14FN3/c15-12-5-3-11(4-6-12)13-7-8-16-14(17-13)18-9-1-2-10-18/h3-8H,1-2,9-10H2. The van der Waals surface area contributed by atoms with Gasteiger partial charge in [0.05, 0.1) is 5.69 Å². The minimum atomic E-state index is -0.229. The average molecular weight is 243 g/mol. The first-order valence-electron chi connectivity index (χ1n) is 6.17. The van der Waals surface area contributed by atoms with Crippen molar-refractivity contribution >= 4 is 5.95 Å². The molecule has 3 rings (SSSR count). The lowest BCUT2D eigenvalue weighted by Gasteiger charge is -2.15. The minimum absolute atomic E-state index is 0.229. The van der Waals surface area contributed by atoms with Gasteiger partial charge in [-0.1, -0.05) is 0 Å². The first-order valence-corrected chi connectivity index (χ1v) is 6.17. The van der Waals surface area contributed by atoms with Crippen LogP contribution in [-0.2, 0) is 0 Å². The van der Waals surface area contributed by atoms with Crippen molar-refractivity contribution in [3.05, 3.63) is 42.3 Å².